The summed E-state index contributed by atoms with van der Waals surface area (Å²) in [5, 5.41) is 6.37. The van der Waals surface area contributed by atoms with Gasteiger partial charge in [-0.1, -0.05) is 28.1 Å². The van der Waals surface area contributed by atoms with Gasteiger partial charge in [0.2, 0.25) is 5.76 Å². The number of nitrogens with one attached hydrogen (secondary N) is 2. The molecule has 1 heterocycles. The van der Waals surface area contributed by atoms with Crippen molar-refractivity contribution in [3.8, 4) is 5.75 Å². The molecule has 0 aliphatic rings. The first-order valence-corrected chi connectivity index (χ1v) is 10.4. The van der Waals surface area contributed by atoms with E-state index in [0.717, 1.165) is 4.47 Å². The average molecular weight is 549 g/mol. The second kappa shape index (κ2) is 10.7. The van der Waals surface area contributed by atoms with Crippen LogP contribution in [0.5, 0.6) is 5.75 Å². The highest BCUT2D eigenvalue weighted by Crippen LogP contribution is 2.23. The summed E-state index contributed by atoms with van der Waals surface area (Å²) in [6, 6.07) is 14.9. The zero-order valence-electron chi connectivity index (χ0n) is 15.8. The summed E-state index contributed by atoms with van der Waals surface area (Å²) in [6.07, 6.45) is 2.69. The van der Waals surface area contributed by atoms with Gasteiger partial charge in [-0.3, -0.25) is 9.59 Å². The molecule has 0 bridgehead atoms. The van der Waals surface area contributed by atoms with Gasteiger partial charge in [-0.05, 0) is 58.4 Å². The minimum atomic E-state index is -0.666. The van der Waals surface area contributed by atoms with Crippen LogP contribution in [0.15, 0.2) is 79.3 Å². The van der Waals surface area contributed by atoms with Crippen molar-refractivity contribution in [3.05, 3.63) is 86.7 Å². The lowest BCUT2D eigenvalue weighted by molar-refractivity contribution is -0.120. The molecule has 2 aromatic carbocycles. The standard InChI is InChI=1S/C21H15Br2N3O5/c22-14-7-8-17(31-21(29)18-6-3-9-30-18)13(10-14)11-25-26-19(27)12-24-20(28)15-4-1-2-5-16(15)23/h1-11H,12H2,(H,24,28)(H,26,27). The van der Waals surface area contributed by atoms with Crippen LogP contribution in [0.1, 0.15) is 26.5 Å². The predicted molar refractivity (Wildman–Crippen MR) is 120 cm³/mol. The molecule has 158 valence electrons. The lowest BCUT2D eigenvalue weighted by atomic mass is 10.2. The molecule has 3 rings (SSSR count). The number of carbonyl (C=O) groups excluding carboxylic acids is 3. The van der Waals surface area contributed by atoms with Crippen molar-refractivity contribution in [2.75, 3.05) is 6.54 Å². The number of amides is 2. The Hall–Kier alpha value is -3.24. The van der Waals surface area contributed by atoms with Crippen LogP contribution < -0.4 is 15.5 Å². The van der Waals surface area contributed by atoms with Gasteiger partial charge in [-0.2, -0.15) is 5.10 Å². The van der Waals surface area contributed by atoms with Crippen LogP contribution in [0, 0.1) is 0 Å². The van der Waals surface area contributed by atoms with E-state index < -0.39 is 17.8 Å². The van der Waals surface area contributed by atoms with Crippen LogP contribution >= 0.6 is 31.9 Å². The third-order valence-corrected chi connectivity index (χ3v) is 5.00. The number of nitrogens with zero attached hydrogens (tertiary/aromatic N) is 1. The zero-order valence-corrected chi connectivity index (χ0v) is 19.0. The Morgan fingerprint density at radius 3 is 2.61 bits per heavy atom. The fourth-order valence-electron chi connectivity index (χ4n) is 2.37. The van der Waals surface area contributed by atoms with Gasteiger partial charge in [0, 0.05) is 14.5 Å². The molecular formula is C21H15Br2N3O5. The van der Waals surface area contributed by atoms with Crippen LogP contribution in [0.4, 0.5) is 0 Å². The van der Waals surface area contributed by atoms with Crippen molar-refractivity contribution in [1.29, 1.82) is 0 Å². The molecule has 8 nitrogen and oxygen atoms in total. The smallest absolute Gasteiger partial charge is 0.379 e. The zero-order chi connectivity index (χ0) is 22.2. The van der Waals surface area contributed by atoms with E-state index in [1.165, 1.54) is 18.5 Å². The lowest BCUT2D eigenvalue weighted by Crippen LogP contribution is -2.35. The highest BCUT2D eigenvalue weighted by Gasteiger charge is 2.14. The van der Waals surface area contributed by atoms with E-state index >= 15 is 0 Å². The van der Waals surface area contributed by atoms with Crippen LogP contribution in [0.2, 0.25) is 0 Å². The Labute approximate surface area is 193 Å². The van der Waals surface area contributed by atoms with Crippen LogP contribution in [-0.2, 0) is 4.79 Å². The Morgan fingerprint density at radius 2 is 1.87 bits per heavy atom. The summed E-state index contributed by atoms with van der Waals surface area (Å²) < 4.78 is 11.7. The molecule has 0 fully saturated rings. The molecule has 2 amide bonds. The number of carbonyl (C=O) groups is 3. The monoisotopic (exact) mass is 547 g/mol. The molecule has 0 aliphatic carbocycles. The Balaban J connectivity index is 1.58. The first kappa shape index (κ1) is 22.4. The van der Waals surface area contributed by atoms with Crippen LogP contribution in [-0.4, -0.2) is 30.5 Å². The normalized spacial score (nSPS) is 10.6. The van der Waals surface area contributed by atoms with Crippen molar-refractivity contribution in [1.82, 2.24) is 10.7 Å². The minimum Gasteiger partial charge on any atom is -0.457 e. The third-order valence-electron chi connectivity index (χ3n) is 3.82. The summed E-state index contributed by atoms with van der Waals surface area (Å²) in [5.41, 5.74) is 3.16. The number of benzene rings is 2. The van der Waals surface area contributed by atoms with Gasteiger partial charge in [-0.25, -0.2) is 10.2 Å². The van der Waals surface area contributed by atoms with Gasteiger partial charge >= 0.3 is 5.97 Å². The average Bonchev–Trinajstić information content (AvgIpc) is 3.29. The molecule has 3 aromatic rings. The van der Waals surface area contributed by atoms with E-state index in [4.69, 9.17) is 9.15 Å². The van der Waals surface area contributed by atoms with E-state index in [-0.39, 0.29) is 18.1 Å². The van der Waals surface area contributed by atoms with E-state index in [0.29, 0.717) is 15.6 Å². The van der Waals surface area contributed by atoms with E-state index in [2.05, 4.69) is 47.7 Å². The Kier molecular flexibility index (Phi) is 7.74. The fraction of sp³-hybridized carbons (Fsp3) is 0.0476. The number of ether oxygens (including phenoxy) is 1. The molecular weight excluding hydrogens is 534 g/mol. The fourth-order valence-corrected chi connectivity index (χ4v) is 3.22. The van der Waals surface area contributed by atoms with Gasteiger partial charge in [0.1, 0.15) is 5.75 Å². The highest BCUT2D eigenvalue weighted by molar-refractivity contribution is 9.10. The maximum absolute atomic E-state index is 12.1. The van der Waals surface area contributed by atoms with Crippen LogP contribution in [0.25, 0.3) is 0 Å². The van der Waals surface area contributed by atoms with Gasteiger partial charge in [0.25, 0.3) is 11.8 Å². The molecule has 0 unspecified atom stereocenters. The molecule has 0 aliphatic heterocycles. The maximum atomic E-state index is 12.1. The molecule has 0 spiro atoms. The van der Waals surface area contributed by atoms with Gasteiger partial charge in [-0.15, -0.1) is 0 Å². The number of rotatable bonds is 7. The number of hydrazone groups is 1. The van der Waals surface area contributed by atoms with Gasteiger partial charge < -0.3 is 14.5 Å². The van der Waals surface area contributed by atoms with Gasteiger partial charge in [0.05, 0.1) is 24.6 Å². The van der Waals surface area contributed by atoms with Crippen molar-refractivity contribution in [3.63, 3.8) is 0 Å². The first-order valence-electron chi connectivity index (χ1n) is 8.84. The lowest BCUT2D eigenvalue weighted by Gasteiger charge is -2.07. The number of hydrogen-bond acceptors (Lipinski definition) is 6. The molecule has 31 heavy (non-hydrogen) atoms. The van der Waals surface area contributed by atoms with Crippen molar-refractivity contribution < 1.29 is 23.5 Å². The minimum absolute atomic E-state index is 0.0555. The second-order valence-corrected chi connectivity index (χ2v) is 7.77. The molecule has 0 saturated carbocycles. The SMILES string of the molecule is O=C(CNC(=O)c1ccccc1Br)NN=Cc1cc(Br)ccc1OC(=O)c1ccco1. The van der Waals surface area contributed by atoms with Crippen molar-refractivity contribution in [2.24, 2.45) is 5.10 Å². The first-order chi connectivity index (χ1) is 14.9. The number of halogens is 2. The molecule has 10 heteroatoms. The molecule has 0 saturated heterocycles. The van der Waals surface area contributed by atoms with Gasteiger partial charge in [0.15, 0.2) is 0 Å². The molecule has 0 radical (unpaired) electrons. The largest absolute Gasteiger partial charge is 0.457 e. The highest BCUT2D eigenvalue weighted by atomic mass is 79.9. The Morgan fingerprint density at radius 1 is 1.06 bits per heavy atom. The summed E-state index contributed by atoms with van der Waals surface area (Å²) in [7, 11) is 0. The second-order valence-electron chi connectivity index (χ2n) is 6.00. The number of hydrogen-bond donors (Lipinski definition) is 2. The van der Waals surface area contributed by atoms with Crippen LogP contribution in [0.3, 0.4) is 0 Å². The third kappa shape index (κ3) is 6.37. The summed E-state index contributed by atoms with van der Waals surface area (Å²) in [4.78, 5) is 36.2. The quantitative estimate of drug-likeness (QED) is 0.201. The summed E-state index contributed by atoms with van der Waals surface area (Å²) >= 11 is 6.61. The molecule has 1 aromatic heterocycles. The summed E-state index contributed by atoms with van der Waals surface area (Å²) in [5.74, 6) is -1.31. The predicted octanol–water partition coefficient (Wildman–Crippen LogP) is 3.90. The van der Waals surface area contributed by atoms with Crippen molar-refractivity contribution >= 4 is 55.9 Å². The number of furan rings is 1. The molecule has 2 N–H and O–H groups in total. The van der Waals surface area contributed by atoms with E-state index in [1.54, 1.807) is 48.5 Å². The number of esters is 1. The van der Waals surface area contributed by atoms with E-state index in [9.17, 15) is 14.4 Å². The molecule has 0 atom stereocenters. The maximum Gasteiger partial charge on any atom is 0.379 e. The van der Waals surface area contributed by atoms with E-state index in [1.807, 2.05) is 0 Å². The topological polar surface area (TPSA) is 110 Å². The van der Waals surface area contributed by atoms with Crippen molar-refractivity contribution in [2.45, 2.75) is 0 Å². The summed E-state index contributed by atoms with van der Waals surface area (Å²) in [6.45, 7) is -0.268. The Bertz CT molecular complexity index is 1130.